The number of ether oxygens (including phenoxy) is 1. The molecule has 94 valence electrons. The highest BCUT2D eigenvalue weighted by molar-refractivity contribution is 9.10. The third kappa shape index (κ3) is 2.81. The summed E-state index contributed by atoms with van der Waals surface area (Å²) < 4.78 is 6.54. The maximum atomic E-state index is 5.91. The van der Waals surface area contributed by atoms with Crippen LogP contribution in [0, 0.1) is 0 Å². The van der Waals surface area contributed by atoms with Crippen molar-refractivity contribution < 1.29 is 4.74 Å². The van der Waals surface area contributed by atoms with Crippen molar-refractivity contribution in [2.24, 2.45) is 5.73 Å². The Bertz CT molecular complexity index is 395. The van der Waals surface area contributed by atoms with E-state index < -0.39 is 0 Å². The van der Waals surface area contributed by atoms with Crippen LogP contribution in [-0.2, 0) is 4.74 Å². The van der Waals surface area contributed by atoms with Crippen LogP contribution in [-0.4, -0.2) is 25.8 Å². The molecular weight excluding hydrogens is 280 g/mol. The third-order valence-electron chi connectivity index (χ3n) is 3.17. The lowest BCUT2D eigenvalue weighted by Gasteiger charge is -2.35. The van der Waals surface area contributed by atoms with Crippen molar-refractivity contribution >= 4 is 21.6 Å². The van der Waals surface area contributed by atoms with E-state index in [0.717, 1.165) is 29.8 Å². The van der Waals surface area contributed by atoms with Crippen molar-refractivity contribution in [2.45, 2.75) is 25.9 Å². The quantitative estimate of drug-likeness (QED) is 0.912. The van der Waals surface area contributed by atoms with Crippen molar-refractivity contribution in [3.63, 3.8) is 0 Å². The van der Waals surface area contributed by atoms with Crippen molar-refractivity contribution in [1.82, 2.24) is 0 Å². The normalized spacial score (nSPS) is 22.6. The minimum atomic E-state index is 0.0561. The Morgan fingerprint density at radius 3 is 2.88 bits per heavy atom. The summed E-state index contributed by atoms with van der Waals surface area (Å²) in [5.41, 5.74) is 8.29. The molecule has 1 aromatic rings. The number of rotatable bonds is 2. The van der Waals surface area contributed by atoms with Gasteiger partial charge in [-0.1, -0.05) is 22.0 Å². The smallest absolute Gasteiger partial charge is 0.0668 e. The van der Waals surface area contributed by atoms with E-state index in [1.54, 1.807) is 0 Å². The molecule has 0 bridgehead atoms. The highest BCUT2D eigenvalue weighted by Gasteiger charge is 2.19. The maximum absolute atomic E-state index is 5.91. The molecule has 0 aromatic heterocycles. The van der Waals surface area contributed by atoms with Gasteiger partial charge in [0.15, 0.2) is 0 Å². The first kappa shape index (κ1) is 12.9. The molecule has 1 aliphatic heterocycles. The first-order chi connectivity index (χ1) is 8.09. The highest BCUT2D eigenvalue weighted by Crippen LogP contribution is 2.29. The van der Waals surface area contributed by atoms with Crippen LogP contribution in [0.4, 0.5) is 5.69 Å². The van der Waals surface area contributed by atoms with Gasteiger partial charge in [0, 0.05) is 28.8 Å². The summed E-state index contributed by atoms with van der Waals surface area (Å²) in [7, 11) is 0. The Balaban J connectivity index is 2.24. The van der Waals surface area contributed by atoms with Gasteiger partial charge in [0.05, 0.1) is 13.2 Å². The molecule has 3 nitrogen and oxygen atoms in total. The van der Waals surface area contributed by atoms with Gasteiger partial charge < -0.3 is 15.4 Å². The van der Waals surface area contributed by atoms with Crippen LogP contribution in [0.5, 0.6) is 0 Å². The van der Waals surface area contributed by atoms with Crippen molar-refractivity contribution in [3.05, 3.63) is 28.2 Å². The van der Waals surface area contributed by atoms with Gasteiger partial charge in [0.2, 0.25) is 0 Å². The molecule has 2 atom stereocenters. The lowest BCUT2D eigenvalue weighted by molar-refractivity contribution is 0.0989. The van der Waals surface area contributed by atoms with Crippen LogP contribution < -0.4 is 10.6 Å². The number of hydrogen-bond donors (Lipinski definition) is 1. The summed E-state index contributed by atoms with van der Waals surface area (Å²) in [6.45, 7) is 6.73. The summed E-state index contributed by atoms with van der Waals surface area (Å²) in [6.07, 6.45) is 0. The Morgan fingerprint density at radius 2 is 2.29 bits per heavy atom. The molecular formula is C13H19BrN2O. The van der Waals surface area contributed by atoms with Gasteiger partial charge in [-0.2, -0.15) is 0 Å². The van der Waals surface area contributed by atoms with Gasteiger partial charge in [-0.15, -0.1) is 0 Å². The van der Waals surface area contributed by atoms with Crippen LogP contribution >= 0.6 is 15.9 Å². The molecule has 1 unspecified atom stereocenters. The van der Waals surface area contributed by atoms with Gasteiger partial charge in [0.25, 0.3) is 0 Å². The summed E-state index contributed by atoms with van der Waals surface area (Å²) in [5, 5.41) is 0. The first-order valence-electron chi connectivity index (χ1n) is 5.99. The van der Waals surface area contributed by atoms with Crippen LogP contribution in [0.25, 0.3) is 0 Å². The van der Waals surface area contributed by atoms with E-state index >= 15 is 0 Å². The van der Waals surface area contributed by atoms with Crippen LogP contribution in [0.2, 0.25) is 0 Å². The number of anilines is 1. The molecule has 17 heavy (non-hydrogen) atoms. The molecule has 2 N–H and O–H groups in total. The van der Waals surface area contributed by atoms with Gasteiger partial charge >= 0.3 is 0 Å². The number of nitrogens with zero attached hydrogens (tertiary/aromatic N) is 1. The number of halogens is 1. The fourth-order valence-electron chi connectivity index (χ4n) is 2.17. The average Bonchev–Trinajstić information content (AvgIpc) is 2.29. The fraction of sp³-hybridized carbons (Fsp3) is 0.538. The summed E-state index contributed by atoms with van der Waals surface area (Å²) in [5.74, 6) is 0. The van der Waals surface area contributed by atoms with E-state index in [-0.39, 0.29) is 6.04 Å². The van der Waals surface area contributed by atoms with Crippen molar-refractivity contribution in [1.29, 1.82) is 0 Å². The van der Waals surface area contributed by atoms with E-state index in [1.807, 2.05) is 6.92 Å². The minimum absolute atomic E-state index is 0.0561. The number of morpholine rings is 1. The molecule has 0 radical (unpaired) electrons. The lowest BCUT2D eigenvalue weighted by atomic mass is 10.1. The minimum Gasteiger partial charge on any atom is -0.377 e. The van der Waals surface area contributed by atoms with E-state index in [0.29, 0.717) is 6.04 Å². The van der Waals surface area contributed by atoms with E-state index in [1.165, 1.54) is 5.69 Å². The number of benzene rings is 1. The van der Waals surface area contributed by atoms with Crippen LogP contribution in [0.1, 0.15) is 25.5 Å². The van der Waals surface area contributed by atoms with Crippen LogP contribution in [0.15, 0.2) is 22.7 Å². The average molecular weight is 299 g/mol. The van der Waals surface area contributed by atoms with Gasteiger partial charge in [-0.05, 0) is 31.5 Å². The predicted octanol–water partition coefficient (Wildman–Crippen LogP) is 2.69. The summed E-state index contributed by atoms with van der Waals surface area (Å²) >= 11 is 3.60. The highest BCUT2D eigenvalue weighted by atomic mass is 79.9. The molecule has 1 heterocycles. The second kappa shape index (κ2) is 5.38. The Morgan fingerprint density at radius 1 is 1.53 bits per heavy atom. The Hall–Kier alpha value is -0.580. The standard InChI is InChI=1S/C13H19BrN2O/c1-9-8-17-6-5-16(9)11-3-4-12(10(2)15)13(14)7-11/h3-4,7,9-10H,5-6,8,15H2,1-2H3/t9?,10-/m1/s1. The fourth-order valence-corrected chi connectivity index (χ4v) is 2.90. The SMILES string of the molecule is CC1COCCN1c1ccc([C@@H](C)N)c(Br)c1. The number of nitrogens with two attached hydrogens (primary N) is 1. The second-order valence-corrected chi connectivity index (χ2v) is 5.47. The van der Waals surface area contributed by atoms with Gasteiger partial charge in [0.1, 0.15) is 0 Å². The molecule has 0 spiro atoms. The molecule has 1 aliphatic rings. The maximum Gasteiger partial charge on any atom is 0.0668 e. The van der Waals surface area contributed by atoms with Gasteiger partial charge in [-0.25, -0.2) is 0 Å². The monoisotopic (exact) mass is 298 g/mol. The molecule has 1 fully saturated rings. The molecule has 0 amide bonds. The summed E-state index contributed by atoms with van der Waals surface area (Å²) in [6, 6.07) is 6.88. The topological polar surface area (TPSA) is 38.5 Å². The first-order valence-corrected chi connectivity index (χ1v) is 6.78. The Kier molecular flexibility index (Phi) is 4.07. The summed E-state index contributed by atoms with van der Waals surface area (Å²) in [4.78, 5) is 2.37. The molecule has 1 saturated heterocycles. The zero-order chi connectivity index (χ0) is 12.4. The molecule has 1 aromatic carbocycles. The molecule has 4 heteroatoms. The third-order valence-corrected chi connectivity index (χ3v) is 3.86. The van der Waals surface area contributed by atoms with E-state index in [2.05, 4.69) is 46.0 Å². The van der Waals surface area contributed by atoms with Crippen LogP contribution in [0.3, 0.4) is 0 Å². The molecule has 2 rings (SSSR count). The van der Waals surface area contributed by atoms with E-state index in [4.69, 9.17) is 10.5 Å². The van der Waals surface area contributed by atoms with Crippen molar-refractivity contribution in [2.75, 3.05) is 24.7 Å². The van der Waals surface area contributed by atoms with Crippen molar-refractivity contribution in [3.8, 4) is 0 Å². The predicted molar refractivity (Wildman–Crippen MR) is 74.4 cm³/mol. The molecule has 0 aliphatic carbocycles. The number of hydrogen-bond acceptors (Lipinski definition) is 3. The second-order valence-electron chi connectivity index (χ2n) is 4.61. The van der Waals surface area contributed by atoms with Gasteiger partial charge in [-0.3, -0.25) is 0 Å². The lowest BCUT2D eigenvalue weighted by Crippen LogP contribution is -2.43. The zero-order valence-electron chi connectivity index (χ0n) is 10.3. The zero-order valence-corrected chi connectivity index (χ0v) is 11.9. The van der Waals surface area contributed by atoms with E-state index in [9.17, 15) is 0 Å². The molecule has 0 saturated carbocycles. The Labute approximate surface area is 111 Å². The largest absolute Gasteiger partial charge is 0.377 e.